The lowest BCUT2D eigenvalue weighted by molar-refractivity contribution is -0.143. The molecule has 0 saturated carbocycles. The molecule has 1 rings (SSSR count). The zero-order chi connectivity index (χ0) is 20.7. The quantitative estimate of drug-likeness (QED) is 0.310. The highest BCUT2D eigenvalue weighted by atomic mass is 16.4. The van der Waals surface area contributed by atoms with E-state index in [1.54, 1.807) is 0 Å². The van der Waals surface area contributed by atoms with Crippen molar-refractivity contribution >= 4 is 29.7 Å². The number of carbonyl (C=O) groups is 5. The molecule has 11 heteroatoms. The number of rotatable bonds is 9. The van der Waals surface area contributed by atoms with E-state index in [4.69, 9.17) is 15.9 Å². The molecule has 1 saturated heterocycles. The molecule has 1 fully saturated rings. The van der Waals surface area contributed by atoms with E-state index in [9.17, 15) is 24.0 Å². The lowest BCUT2D eigenvalue weighted by Crippen LogP contribution is -2.55. The van der Waals surface area contributed by atoms with Crippen molar-refractivity contribution in [2.45, 2.75) is 63.7 Å². The van der Waals surface area contributed by atoms with Crippen molar-refractivity contribution in [3.05, 3.63) is 0 Å². The number of carboxylic acid groups (broad SMARTS) is 2. The molecule has 0 aromatic carbocycles. The number of hydrogen-bond donors (Lipinski definition) is 5. The lowest BCUT2D eigenvalue weighted by Gasteiger charge is -2.27. The van der Waals surface area contributed by atoms with Gasteiger partial charge in [0.05, 0.1) is 6.04 Å². The molecule has 11 nitrogen and oxygen atoms in total. The summed E-state index contributed by atoms with van der Waals surface area (Å²) in [7, 11) is 0. The molecule has 6 N–H and O–H groups in total. The summed E-state index contributed by atoms with van der Waals surface area (Å²) in [4.78, 5) is 59.7. The molecule has 152 valence electrons. The molecule has 1 aliphatic heterocycles. The smallest absolute Gasteiger partial charge is 0.326 e. The second-order valence-corrected chi connectivity index (χ2v) is 6.54. The van der Waals surface area contributed by atoms with E-state index < -0.39 is 54.3 Å². The molecule has 3 amide bonds. The zero-order valence-electron chi connectivity index (χ0n) is 15.3. The molecule has 0 aliphatic carbocycles. The number of likely N-dealkylation sites (tertiary alicyclic amines) is 1. The summed E-state index contributed by atoms with van der Waals surface area (Å²) >= 11 is 0. The number of aliphatic carboxylic acids is 2. The van der Waals surface area contributed by atoms with Crippen LogP contribution in [0.25, 0.3) is 0 Å². The molecule has 0 bridgehead atoms. The van der Waals surface area contributed by atoms with Crippen molar-refractivity contribution in [2.24, 2.45) is 5.73 Å². The van der Waals surface area contributed by atoms with Crippen LogP contribution in [0.4, 0.5) is 0 Å². The number of nitrogens with two attached hydrogens (primary N) is 1. The Morgan fingerprint density at radius 3 is 2.30 bits per heavy atom. The van der Waals surface area contributed by atoms with Crippen LogP contribution in [0, 0.1) is 0 Å². The van der Waals surface area contributed by atoms with Crippen LogP contribution in [0.2, 0.25) is 0 Å². The van der Waals surface area contributed by atoms with E-state index in [1.165, 1.54) is 18.7 Å². The third-order valence-corrected chi connectivity index (χ3v) is 4.24. The van der Waals surface area contributed by atoms with E-state index in [2.05, 4.69) is 10.6 Å². The van der Waals surface area contributed by atoms with Crippen LogP contribution in [0.5, 0.6) is 0 Å². The van der Waals surface area contributed by atoms with Gasteiger partial charge in [0.1, 0.15) is 18.1 Å². The second kappa shape index (κ2) is 9.86. The first-order valence-electron chi connectivity index (χ1n) is 8.66. The SMILES string of the molecule is C[C@H](N)C(=O)N1CCC[C@H]1C(=O)N[C@@H](C)C(=O)N[C@@H](CCC(=O)O)C(=O)O. The minimum absolute atomic E-state index is 0.281. The van der Waals surface area contributed by atoms with E-state index in [0.717, 1.165) is 0 Å². The van der Waals surface area contributed by atoms with E-state index >= 15 is 0 Å². The van der Waals surface area contributed by atoms with Gasteiger partial charge in [0.25, 0.3) is 0 Å². The van der Waals surface area contributed by atoms with Gasteiger partial charge >= 0.3 is 11.9 Å². The maximum Gasteiger partial charge on any atom is 0.326 e. The molecule has 1 aliphatic rings. The average Bonchev–Trinajstić information content (AvgIpc) is 3.06. The Kier molecular flexibility index (Phi) is 8.16. The fourth-order valence-corrected chi connectivity index (χ4v) is 2.76. The predicted molar refractivity (Wildman–Crippen MR) is 92.4 cm³/mol. The van der Waals surface area contributed by atoms with Crippen molar-refractivity contribution < 1.29 is 34.2 Å². The molecule has 1 heterocycles. The van der Waals surface area contributed by atoms with Crippen LogP contribution < -0.4 is 16.4 Å². The van der Waals surface area contributed by atoms with Gasteiger partial charge in [-0.2, -0.15) is 0 Å². The monoisotopic (exact) mass is 386 g/mol. The van der Waals surface area contributed by atoms with Crippen LogP contribution in [-0.2, 0) is 24.0 Å². The highest BCUT2D eigenvalue weighted by molar-refractivity contribution is 5.94. The Balaban J connectivity index is 2.65. The summed E-state index contributed by atoms with van der Waals surface area (Å²) in [6.07, 6.45) is 0.368. The van der Waals surface area contributed by atoms with Gasteiger partial charge in [0.2, 0.25) is 17.7 Å². The van der Waals surface area contributed by atoms with Crippen LogP contribution in [0.1, 0.15) is 39.5 Å². The van der Waals surface area contributed by atoms with Gasteiger partial charge in [-0.3, -0.25) is 19.2 Å². The van der Waals surface area contributed by atoms with Crippen molar-refractivity contribution in [1.29, 1.82) is 0 Å². The molecule has 27 heavy (non-hydrogen) atoms. The maximum atomic E-state index is 12.4. The average molecular weight is 386 g/mol. The molecular formula is C16H26N4O7. The first-order valence-corrected chi connectivity index (χ1v) is 8.66. The largest absolute Gasteiger partial charge is 0.481 e. The Morgan fingerprint density at radius 2 is 1.78 bits per heavy atom. The van der Waals surface area contributed by atoms with Gasteiger partial charge in [-0.15, -0.1) is 0 Å². The first kappa shape index (κ1) is 22.4. The Labute approximate surface area is 156 Å². The van der Waals surface area contributed by atoms with Crippen molar-refractivity contribution in [3.63, 3.8) is 0 Å². The predicted octanol–water partition coefficient (Wildman–Crippen LogP) is -1.74. The minimum Gasteiger partial charge on any atom is -0.481 e. The number of amides is 3. The van der Waals surface area contributed by atoms with Crippen molar-refractivity contribution in [3.8, 4) is 0 Å². The number of hydrogen-bond acceptors (Lipinski definition) is 6. The zero-order valence-corrected chi connectivity index (χ0v) is 15.3. The summed E-state index contributed by atoms with van der Waals surface area (Å²) < 4.78 is 0. The van der Waals surface area contributed by atoms with E-state index in [-0.39, 0.29) is 12.3 Å². The molecule has 0 unspecified atom stereocenters. The lowest BCUT2D eigenvalue weighted by atomic mass is 10.1. The maximum absolute atomic E-state index is 12.4. The fourth-order valence-electron chi connectivity index (χ4n) is 2.76. The van der Waals surface area contributed by atoms with Gasteiger partial charge in [0, 0.05) is 13.0 Å². The summed E-state index contributed by atoms with van der Waals surface area (Å²) in [6.45, 7) is 3.29. The summed E-state index contributed by atoms with van der Waals surface area (Å²) in [6, 6.07) is -3.92. The third-order valence-electron chi connectivity index (χ3n) is 4.24. The van der Waals surface area contributed by atoms with Gasteiger partial charge in [-0.05, 0) is 33.1 Å². The highest BCUT2D eigenvalue weighted by Crippen LogP contribution is 2.18. The summed E-state index contributed by atoms with van der Waals surface area (Å²) in [5.41, 5.74) is 5.58. The number of nitrogens with one attached hydrogen (secondary N) is 2. The van der Waals surface area contributed by atoms with Crippen molar-refractivity contribution in [1.82, 2.24) is 15.5 Å². The number of carboxylic acids is 2. The van der Waals surface area contributed by atoms with Crippen LogP contribution >= 0.6 is 0 Å². The van der Waals surface area contributed by atoms with Crippen LogP contribution in [0.15, 0.2) is 0 Å². The van der Waals surface area contributed by atoms with E-state index in [0.29, 0.717) is 19.4 Å². The third kappa shape index (κ3) is 6.51. The first-order chi connectivity index (χ1) is 12.5. The normalized spacial score (nSPS) is 19.7. The molecule has 0 aromatic heterocycles. The molecular weight excluding hydrogens is 360 g/mol. The van der Waals surface area contributed by atoms with Gasteiger partial charge in [0.15, 0.2) is 0 Å². The Morgan fingerprint density at radius 1 is 1.15 bits per heavy atom. The Bertz CT molecular complexity index is 608. The molecule has 0 spiro atoms. The number of carbonyl (C=O) groups excluding carboxylic acids is 3. The van der Waals surface area contributed by atoms with Gasteiger partial charge in [-0.1, -0.05) is 0 Å². The topological polar surface area (TPSA) is 179 Å². The number of nitrogens with zero attached hydrogens (tertiary/aromatic N) is 1. The summed E-state index contributed by atoms with van der Waals surface area (Å²) in [5.74, 6) is -4.19. The van der Waals surface area contributed by atoms with Gasteiger partial charge in [-0.25, -0.2) is 4.79 Å². The minimum atomic E-state index is -1.38. The molecule has 4 atom stereocenters. The van der Waals surface area contributed by atoms with E-state index in [1.807, 2.05) is 0 Å². The summed E-state index contributed by atoms with van der Waals surface area (Å²) in [5, 5.41) is 22.4. The molecule has 0 radical (unpaired) electrons. The second-order valence-electron chi connectivity index (χ2n) is 6.54. The van der Waals surface area contributed by atoms with Crippen molar-refractivity contribution in [2.75, 3.05) is 6.54 Å². The highest BCUT2D eigenvalue weighted by Gasteiger charge is 2.36. The standard InChI is InChI=1S/C16H26N4O7/c1-8(17)15(25)20-7-3-4-11(20)14(24)18-9(2)13(23)19-10(16(26)27)5-6-12(21)22/h8-11H,3-7,17H2,1-2H3,(H,18,24)(H,19,23)(H,21,22)(H,26,27)/t8-,9-,10-,11-/m0/s1. The van der Waals surface area contributed by atoms with Crippen LogP contribution in [-0.4, -0.2) is 75.5 Å². The fraction of sp³-hybridized carbons (Fsp3) is 0.688. The van der Waals surface area contributed by atoms with Gasteiger partial charge < -0.3 is 31.5 Å². The Hall–Kier alpha value is -2.69. The van der Waals surface area contributed by atoms with Crippen LogP contribution in [0.3, 0.4) is 0 Å². The molecule has 0 aromatic rings.